The van der Waals surface area contributed by atoms with Gasteiger partial charge in [0.2, 0.25) is 5.91 Å². The van der Waals surface area contributed by atoms with E-state index in [0.717, 1.165) is 5.56 Å². The average molecular weight is 330 g/mol. The summed E-state index contributed by atoms with van der Waals surface area (Å²) in [6.45, 7) is 2.47. The van der Waals surface area contributed by atoms with Crippen LogP contribution in [0, 0.1) is 5.41 Å². The number of rotatable bonds is 4. The Morgan fingerprint density at radius 2 is 2.05 bits per heavy atom. The van der Waals surface area contributed by atoms with Gasteiger partial charge in [0.15, 0.2) is 0 Å². The predicted molar refractivity (Wildman–Crippen MR) is 81.7 cm³/mol. The van der Waals surface area contributed by atoms with E-state index < -0.39 is 11.4 Å². The van der Waals surface area contributed by atoms with E-state index in [1.54, 1.807) is 24.0 Å². The van der Waals surface area contributed by atoms with Crippen molar-refractivity contribution in [2.45, 2.75) is 26.2 Å². The molecule has 1 heterocycles. The van der Waals surface area contributed by atoms with Gasteiger partial charge in [0.05, 0.1) is 15.5 Å². The van der Waals surface area contributed by atoms with Gasteiger partial charge in [-0.1, -0.05) is 29.3 Å². The zero-order valence-corrected chi connectivity index (χ0v) is 13.2. The second kappa shape index (κ2) is 6.24. The molecule has 21 heavy (non-hydrogen) atoms. The van der Waals surface area contributed by atoms with Crippen molar-refractivity contribution in [3.63, 3.8) is 0 Å². The van der Waals surface area contributed by atoms with Crippen LogP contribution in [0.2, 0.25) is 10.0 Å². The number of hydrogen-bond acceptors (Lipinski definition) is 2. The highest BCUT2D eigenvalue weighted by Gasteiger charge is 2.41. The van der Waals surface area contributed by atoms with Crippen molar-refractivity contribution in [3.05, 3.63) is 33.8 Å². The number of carboxylic acids is 1. The Hall–Kier alpha value is -1.26. The van der Waals surface area contributed by atoms with E-state index in [0.29, 0.717) is 35.9 Å². The van der Waals surface area contributed by atoms with Gasteiger partial charge >= 0.3 is 5.97 Å². The molecule has 6 heteroatoms. The number of halogens is 2. The second-order valence-corrected chi connectivity index (χ2v) is 6.49. The van der Waals surface area contributed by atoms with Crippen molar-refractivity contribution in [1.29, 1.82) is 0 Å². The Balaban J connectivity index is 1.91. The van der Waals surface area contributed by atoms with E-state index in [1.165, 1.54) is 0 Å². The first-order chi connectivity index (χ1) is 9.82. The number of carbonyl (C=O) groups excluding carboxylic acids is 1. The third-order valence-electron chi connectivity index (χ3n) is 3.95. The van der Waals surface area contributed by atoms with E-state index >= 15 is 0 Å². The van der Waals surface area contributed by atoms with Crippen LogP contribution in [0.25, 0.3) is 0 Å². The smallest absolute Gasteiger partial charge is 0.311 e. The van der Waals surface area contributed by atoms with Crippen LogP contribution < -0.4 is 0 Å². The number of amides is 1. The van der Waals surface area contributed by atoms with Gasteiger partial charge in [-0.05, 0) is 37.5 Å². The molecule has 0 aromatic heterocycles. The van der Waals surface area contributed by atoms with Gasteiger partial charge in [0.1, 0.15) is 0 Å². The topological polar surface area (TPSA) is 57.6 Å². The molecule has 1 fully saturated rings. The molecule has 1 aliphatic heterocycles. The molecule has 4 nitrogen and oxygen atoms in total. The lowest BCUT2D eigenvalue weighted by atomic mass is 9.90. The minimum absolute atomic E-state index is 0.0222. The highest BCUT2D eigenvalue weighted by atomic mass is 35.5. The second-order valence-electron chi connectivity index (χ2n) is 5.68. The largest absolute Gasteiger partial charge is 0.481 e. The molecule has 0 saturated carbocycles. The Morgan fingerprint density at radius 1 is 1.33 bits per heavy atom. The maximum absolute atomic E-state index is 12.2. The lowest BCUT2D eigenvalue weighted by Crippen LogP contribution is -2.34. The maximum Gasteiger partial charge on any atom is 0.311 e. The fourth-order valence-corrected chi connectivity index (χ4v) is 2.77. The van der Waals surface area contributed by atoms with Gasteiger partial charge < -0.3 is 10.0 Å². The molecule has 0 spiro atoms. The zero-order chi connectivity index (χ0) is 15.6. The van der Waals surface area contributed by atoms with Crippen LogP contribution in [0.4, 0.5) is 0 Å². The van der Waals surface area contributed by atoms with Gasteiger partial charge in [-0.15, -0.1) is 0 Å². The number of likely N-dealkylation sites (tertiary alicyclic amines) is 1. The molecule has 0 aliphatic carbocycles. The zero-order valence-electron chi connectivity index (χ0n) is 11.7. The molecule has 1 saturated heterocycles. The molecule has 2 rings (SSSR count). The number of benzene rings is 1. The van der Waals surface area contributed by atoms with E-state index in [-0.39, 0.29) is 12.5 Å². The van der Waals surface area contributed by atoms with Crippen LogP contribution in [0.3, 0.4) is 0 Å². The lowest BCUT2D eigenvalue weighted by molar-refractivity contribution is -0.147. The summed E-state index contributed by atoms with van der Waals surface area (Å²) in [5.41, 5.74) is 0.122. The molecule has 0 radical (unpaired) electrons. The van der Waals surface area contributed by atoms with Crippen LogP contribution in [0.5, 0.6) is 0 Å². The summed E-state index contributed by atoms with van der Waals surface area (Å²) in [5.74, 6) is -0.867. The van der Waals surface area contributed by atoms with Crippen molar-refractivity contribution in [1.82, 2.24) is 4.90 Å². The highest BCUT2D eigenvalue weighted by Crippen LogP contribution is 2.30. The van der Waals surface area contributed by atoms with Crippen molar-refractivity contribution >= 4 is 35.1 Å². The molecular formula is C15H17Cl2NO3. The van der Waals surface area contributed by atoms with Gasteiger partial charge in [-0.25, -0.2) is 0 Å². The average Bonchev–Trinajstić information content (AvgIpc) is 2.84. The molecular weight excluding hydrogens is 313 g/mol. The van der Waals surface area contributed by atoms with Gasteiger partial charge in [0, 0.05) is 19.5 Å². The van der Waals surface area contributed by atoms with Crippen LogP contribution in [0.1, 0.15) is 25.3 Å². The Labute approximate surface area is 133 Å². The molecule has 1 amide bonds. The van der Waals surface area contributed by atoms with E-state index in [4.69, 9.17) is 23.2 Å². The van der Waals surface area contributed by atoms with Crippen molar-refractivity contribution in [3.8, 4) is 0 Å². The number of hydrogen-bond donors (Lipinski definition) is 1. The standard InChI is InChI=1S/C15H17Cl2NO3/c1-15(14(20)21)6-7-18(9-15)13(19)5-3-10-2-4-11(16)12(17)8-10/h2,4,8H,3,5-7,9H2,1H3,(H,20,21). The Kier molecular flexibility index (Phi) is 4.79. The molecule has 0 bridgehead atoms. The van der Waals surface area contributed by atoms with Gasteiger partial charge in [-0.2, -0.15) is 0 Å². The molecule has 1 N–H and O–H groups in total. The van der Waals surface area contributed by atoms with E-state index in [1.807, 2.05) is 6.07 Å². The molecule has 114 valence electrons. The fourth-order valence-electron chi connectivity index (χ4n) is 2.45. The minimum Gasteiger partial charge on any atom is -0.481 e. The Morgan fingerprint density at radius 3 is 2.62 bits per heavy atom. The maximum atomic E-state index is 12.2. The summed E-state index contributed by atoms with van der Waals surface area (Å²) in [5, 5.41) is 10.1. The molecule has 1 aliphatic rings. The first-order valence-corrected chi connectivity index (χ1v) is 7.52. The summed E-state index contributed by atoms with van der Waals surface area (Å²) in [4.78, 5) is 25.0. The highest BCUT2D eigenvalue weighted by molar-refractivity contribution is 6.42. The number of carboxylic acid groups (broad SMARTS) is 1. The van der Waals surface area contributed by atoms with Gasteiger partial charge in [-0.3, -0.25) is 9.59 Å². The molecule has 1 atom stereocenters. The third-order valence-corrected chi connectivity index (χ3v) is 4.69. The Bertz CT molecular complexity index is 576. The first kappa shape index (κ1) is 16.1. The summed E-state index contributed by atoms with van der Waals surface area (Å²) >= 11 is 11.8. The summed E-state index contributed by atoms with van der Waals surface area (Å²) in [6, 6.07) is 5.30. The van der Waals surface area contributed by atoms with Crippen LogP contribution >= 0.6 is 23.2 Å². The third kappa shape index (κ3) is 3.69. The quantitative estimate of drug-likeness (QED) is 0.922. The van der Waals surface area contributed by atoms with Crippen molar-refractivity contribution < 1.29 is 14.7 Å². The van der Waals surface area contributed by atoms with Gasteiger partial charge in [0.25, 0.3) is 0 Å². The fraction of sp³-hybridized carbons (Fsp3) is 0.467. The molecule has 1 unspecified atom stereocenters. The number of aryl methyl sites for hydroxylation is 1. The number of carbonyl (C=O) groups is 2. The summed E-state index contributed by atoms with van der Waals surface area (Å²) in [7, 11) is 0. The predicted octanol–water partition coefficient (Wildman–Crippen LogP) is 3.25. The van der Waals surface area contributed by atoms with Crippen molar-refractivity contribution in [2.75, 3.05) is 13.1 Å². The summed E-state index contributed by atoms with van der Waals surface area (Å²) < 4.78 is 0. The van der Waals surface area contributed by atoms with E-state index in [9.17, 15) is 14.7 Å². The minimum atomic E-state index is -0.845. The monoisotopic (exact) mass is 329 g/mol. The normalized spacial score (nSPS) is 21.6. The number of aliphatic carboxylic acids is 1. The van der Waals surface area contributed by atoms with Crippen molar-refractivity contribution in [2.24, 2.45) is 5.41 Å². The SMILES string of the molecule is CC1(C(=O)O)CCN(C(=O)CCc2ccc(Cl)c(Cl)c2)C1. The molecule has 1 aromatic rings. The lowest BCUT2D eigenvalue weighted by Gasteiger charge is -2.20. The molecule has 1 aromatic carbocycles. The van der Waals surface area contributed by atoms with Crippen LogP contribution in [0.15, 0.2) is 18.2 Å². The number of nitrogens with zero attached hydrogens (tertiary/aromatic N) is 1. The summed E-state index contributed by atoms with van der Waals surface area (Å²) in [6.07, 6.45) is 1.41. The first-order valence-electron chi connectivity index (χ1n) is 6.77. The van der Waals surface area contributed by atoms with Crippen LogP contribution in [-0.4, -0.2) is 35.0 Å². The van der Waals surface area contributed by atoms with E-state index in [2.05, 4.69) is 0 Å². The van der Waals surface area contributed by atoms with Crippen LogP contribution in [-0.2, 0) is 16.0 Å².